The average molecular weight is 523 g/mol. The highest BCUT2D eigenvalue weighted by Gasteiger charge is 2.40. The molecule has 1 aliphatic heterocycles. The molecule has 4 rings (SSSR count). The first-order valence-electron chi connectivity index (χ1n) is 11.1. The number of ether oxygens (including phenoxy) is 2. The number of alkyl halides is 3. The van der Waals surface area contributed by atoms with Gasteiger partial charge in [-0.1, -0.05) is 25.3 Å². The van der Waals surface area contributed by atoms with Crippen LogP contribution >= 0.6 is 11.8 Å². The zero-order valence-corrected chi connectivity index (χ0v) is 19.9. The van der Waals surface area contributed by atoms with Crippen LogP contribution in [0.1, 0.15) is 43.2 Å². The van der Waals surface area contributed by atoms with E-state index in [-0.39, 0.29) is 33.6 Å². The number of thioether (sulfide) groups is 1. The minimum Gasteiger partial charge on any atom is -0.493 e. The normalized spacial score (nSPS) is 18.1. The summed E-state index contributed by atoms with van der Waals surface area (Å²) < 4.78 is 49.7. The Balaban J connectivity index is 1.58. The molecule has 1 saturated carbocycles. The van der Waals surface area contributed by atoms with Crippen LogP contribution in [0.25, 0.3) is 6.08 Å². The summed E-state index contributed by atoms with van der Waals surface area (Å²) in [6.07, 6.45) is 1.41. The van der Waals surface area contributed by atoms with Gasteiger partial charge in [0.2, 0.25) is 5.75 Å². The second kappa shape index (κ2) is 10.2. The molecule has 0 atom stereocenters. The molecule has 2 amide bonds. The SMILES string of the molecule is COc1cc(C=C2SC(=O)N(C3CCCCC3)C2=O)ccc1Oc1ccc(C(F)(F)F)cc1[N+](=O)[O-]. The molecule has 2 aromatic rings. The van der Waals surface area contributed by atoms with E-state index in [1.54, 1.807) is 12.1 Å². The van der Waals surface area contributed by atoms with Gasteiger partial charge in [-0.3, -0.25) is 24.6 Å². The molecule has 2 fully saturated rings. The molecule has 0 unspecified atom stereocenters. The van der Waals surface area contributed by atoms with Gasteiger partial charge in [0.1, 0.15) is 0 Å². The van der Waals surface area contributed by atoms with Gasteiger partial charge >= 0.3 is 11.9 Å². The summed E-state index contributed by atoms with van der Waals surface area (Å²) in [6, 6.07) is 6.32. The van der Waals surface area contributed by atoms with E-state index in [1.807, 2.05) is 0 Å². The minimum absolute atomic E-state index is 0.0211. The Morgan fingerprint density at radius 3 is 2.39 bits per heavy atom. The van der Waals surface area contributed by atoms with E-state index in [0.29, 0.717) is 17.7 Å². The van der Waals surface area contributed by atoms with E-state index in [9.17, 15) is 32.9 Å². The predicted octanol–water partition coefficient (Wildman–Crippen LogP) is 6.78. The van der Waals surface area contributed by atoms with Crippen molar-refractivity contribution in [1.82, 2.24) is 4.90 Å². The molecule has 1 heterocycles. The smallest absolute Gasteiger partial charge is 0.416 e. The number of nitro benzene ring substituents is 1. The molecule has 190 valence electrons. The Morgan fingerprint density at radius 1 is 1.06 bits per heavy atom. The van der Waals surface area contributed by atoms with Crippen molar-refractivity contribution in [3.05, 3.63) is 62.5 Å². The van der Waals surface area contributed by atoms with Crippen LogP contribution in [0.15, 0.2) is 41.3 Å². The number of methoxy groups -OCH3 is 1. The number of benzene rings is 2. The summed E-state index contributed by atoms with van der Waals surface area (Å²) in [6.45, 7) is 0. The molecule has 1 aliphatic carbocycles. The summed E-state index contributed by atoms with van der Waals surface area (Å²) in [5.41, 5.74) is -1.52. The van der Waals surface area contributed by atoms with Crippen LogP contribution < -0.4 is 9.47 Å². The van der Waals surface area contributed by atoms with E-state index in [1.165, 1.54) is 24.1 Å². The Kier molecular flexibility index (Phi) is 7.25. The fourth-order valence-corrected chi connectivity index (χ4v) is 5.08. The van der Waals surface area contributed by atoms with Crippen LogP contribution in [-0.4, -0.2) is 34.1 Å². The molecule has 36 heavy (non-hydrogen) atoms. The maximum absolute atomic E-state index is 13.0. The monoisotopic (exact) mass is 522 g/mol. The highest BCUT2D eigenvalue weighted by molar-refractivity contribution is 8.18. The fraction of sp³-hybridized carbons (Fsp3) is 0.333. The van der Waals surface area contributed by atoms with Crippen molar-refractivity contribution in [1.29, 1.82) is 0 Å². The third-order valence-electron chi connectivity index (χ3n) is 5.95. The number of rotatable bonds is 6. The highest BCUT2D eigenvalue weighted by Crippen LogP contribution is 2.41. The van der Waals surface area contributed by atoms with Gasteiger partial charge in [-0.2, -0.15) is 13.2 Å². The Morgan fingerprint density at radius 2 is 1.75 bits per heavy atom. The molecule has 8 nitrogen and oxygen atoms in total. The quantitative estimate of drug-likeness (QED) is 0.234. The molecule has 2 aliphatic rings. The number of imide groups is 1. The Labute approximate surface area is 208 Å². The van der Waals surface area contributed by atoms with Gasteiger partial charge in [0.15, 0.2) is 11.5 Å². The van der Waals surface area contributed by atoms with Crippen molar-refractivity contribution in [2.24, 2.45) is 0 Å². The third kappa shape index (κ3) is 5.32. The molecule has 0 aromatic heterocycles. The molecular formula is C24H21F3N2O6S. The predicted molar refractivity (Wildman–Crippen MR) is 126 cm³/mol. The van der Waals surface area contributed by atoms with Crippen LogP contribution in [0.3, 0.4) is 0 Å². The Hall–Kier alpha value is -3.54. The van der Waals surface area contributed by atoms with Crippen LogP contribution in [-0.2, 0) is 11.0 Å². The summed E-state index contributed by atoms with van der Waals surface area (Å²) in [5, 5.41) is 11.0. The van der Waals surface area contributed by atoms with Gasteiger partial charge in [0.25, 0.3) is 11.1 Å². The second-order valence-corrected chi connectivity index (χ2v) is 9.29. The number of halogens is 3. The first-order valence-corrected chi connectivity index (χ1v) is 11.9. The lowest BCUT2D eigenvalue weighted by Gasteiger charge is -2.28. The van der Waals surface area contributed by atoms with Crippen molar-refractivity contribution in [2.45, 2.75) is 44.3 Å². The number of carbonyl (C=O) groups excluding carboxylic acids is 2. The lowest BCUT2D eigenvalue weighted by Crippen LogP contribution is -2.39. The maximum atomic E-state index is 13.0. The van der Waals surface area contributed by atoms with Gasteiger partial charge in [0.05, 0.1) is 22.5 Å². The molecule has 1 saturated heterocycles. The van der Waals surface area contributed by atoms with E-state index < -0.39 is 28.1 Å². The van der Waals surface area contributed by atoms with E-state index in [2.05, 4.69) is 0 Å². The molecule has 0 N–H and O–H groups in total. The number of nitro groups is 1. The van der Waals surface area contributed by atoms with E-state index in [4.69, 9.17) is 9.47 Å². The van der Waals surface area contributed by atoms with Crippen molar-refractivity contribution >= 4 is 34.7 Å². The lowest BCUT2D eigenvalue weighted by molar-refractivity contribution is -0.385. The van der Waals surface area contributed by atoms with Gasteiger partial charge in [-0.15, -0.1) is 0 Å². The van der Waals surface area contributed by atoms with Crippen LogP contribution in [0.4, 0.5) is 23.7 Å². The minimum atomic E-state index is -4.75. The van der Waals surface area contributed by atoms with E-state index >= 15 is 0 Å². The lowest BCUT2D eigenvalue weighted by atomic mass is 9.94. The molecule has 2 aromatic carbocycles. The molecule has 0 spiro atoms. The zero-order valence-electron chi connectivity index (χ0n) is 19.0. The molecule has 12 heteroatoms. The zero-order chi connectivity index (χ0) is 26.0. The van der Waals surface area contributed by atoms with Gasteiger partial charge in [-0.05, 0) is 60.5 Å². The number of carbonyl (C=O) groups is 2. The molecule has 0 bridgehead atoms. The summed E-state index contributed by atoms with van der Waals surface area (Å²) in [4.78, 5) is 37.4. The van der Waals surface area contributed by atoms with Gasteiger partial charge in [-0.25, -0.2) is 0 Å². The molecule has 0 radical (unpaired) electrons. The number of hydrogen-bond donors (Lipinski definition) is 0. The number of hydrogen-bond acceptors (Lipinski definition) is 7. The van der Waals surface area contributed by atoms with Crippen molar-refractivity contribution in [3.63, 3.8) is 0 Å². The highest BCUT2D eigenvalue weighted by atomic mass is 32.2. The topological polar surface area (TPSA) is 99.0 Å². The van der Waals surface area contributed by atoms with Gasteiger partial charge in [0, 0.05) is 12.1 Å². The molecular weight excluding hydrogens is 501 g/mol. The largest absolute Gasteiger partial charge is 0.493 e. The van der Waals surface area contributed by atoms with Crippen molar-refractivity contribution in [2.75, 3.05) is 7.11 Å². The van der Waals surface area contributed by atoms with Crippen LogP contribution in [0.2, 0.25) is 0 Å². The first-order chi connectivity index (χ1) is 17.1. The van der Waals surface area contributed by atoms with E-state index in [0.717, 1.165) is 49.9 Å². The number of amides is 2. The summed E-state index contributed by atoms with van der Waals surface area (Å²) in [7, 11) is 1.32. The first kappa shape index (κ1) is 25.5. The van der Waals surface area contributed by atoms with Gasteiger partial charge < -0.3 is 9.47 Å². The summed E-state index contributed by atoms with van der Waals surface area (Å²) >= 11 is 0.859. The summed E-state index contributed by atoms with van der Waals surface area (Å²) in [5.74, 6) is -0.596. The average Bonchev–Trinajstić information content (AvgIpc) is 3.12. The Bertz CT molecular complexity index is 1240. The van der Waals surface area contributed by atoms with Crippen LogP contribution in [0.5, 0.6) is 17.2 Å². The van der Waals surface area contributed by atoms with Crippen LogP contribution in [0, 0.1) is 10.1 Å². The second-order valence-electron chi connectivity index (χ2n) is 8.29. The fourth-order valence-electron chi connectivity index (χ4n) is 4.18. The van der Waals surface area contributed by atoms with Crippen molar-refractivity contribution < 1.29 is 37.2 Å². The number of nitrogens with zero attached hydrogens (tertiary/aromatic N) is 2. The standard InChI is InChI=1S/C24H21F3N2O6S/c1-34-20-11-14(12-21-22(30)28(23(31)36-21)16-5-3-2-4-6-16)7-9-19(20)35-18-10-8-15(24(25,26)27)13-17(18)29(32)33/h7-13,16H,2-6H2,1H3. The third-order valence-corrected chi connectivity index (χ3v) is 6.84. The maximum Gasteiger partial charge on any atom is 0.416 e. The van der Waals surface area contributed by atoms with Crippen molar-refractivity contribution in [3.8, 4) is 17.2 Å².